The Kier molecular flexibility index (Phi) is 7.24. The minimum Gasteiger partial charge on any atom is -0.349 e. The number of urea groups is 1. The summed E-state index contributed by atoms with van der Waals surface area (Å²) in [5, 5.41) is 6.46. The first-order chi connectivity index (χ1) is 15.0. The van der Waals surface area contributed by atoms with Crippen molar-refractivity contribution < 1.29 is 9.59 Å². The van der Waals surface area contributed by atoms with Gasteiger partial charge in [-0.15, -0.1) is 0 Å². The summed E-state index contributed by atoms with van der Waals surface area (Å²) in [5.74, 6) is 0.0419. The molecule has 2 aliphatic carbocycles. The molecule has 0 aromatic carbocycles. The summed E-state index contributed by atoms with van der Waals surface area (Å²) in [6, 6.07) is 3.17. The van der Waals surface area contributed by atoms with Crippen molar-refractivity contribution in [3.05, 3.63) is 23.0 Å². The second-order valence-corrected chi connectivity index (χ2v) is 9.97. The van der Waals surface area contributed by atoms with Gasteiger partial charge in [-0.25, -0.2) is 4.79 Å². The Hall–Kier alpha value is -1.98. The lowest BCUT2D eigenvalue weighted by Gasteiger charge is -2.34. The molecule has 1 aliphatic heterocycles. The molecule has 3 fully saturated rings. The Labute approximate surface area is 187 Å². The molecule has 2 saturated carbocycles. The lowest BCUT2D eigenvalue weighted by molar-refractivity contribution is 0.0916. The molecule has 4 rings (SSSR count). The van der Waals surface area contributed by atoms with Crippen LogP contribution < -0.4 is 10.6 Å². The molecule has 0 bridgehead atoms. The number of likely N-dealkylation sites (tertiary alicyclic amines) is 1. The lowest BCUT2D eigenvalue weighted by Crippen LogP contribution is -2.51. The summed E-state index contributed by atoms with van der Waals surface area (Å²) in [7, 11) is 0. The van der Waals surface area contributed by atoms with Crippen molar-refractivity contribution in [2.45, 2.75) is 109 Å². The van der Waals surface area contributed by atoms with E-state index in [1.165, 1.54) is 57.1 Å². The minimum atomic E-state index is 0.0419. The molecule has 3 aliphatic rings. The summed E-state index contributed by atoms with van der Waals surface area (Å²) in [5.41, 5.74) is 3.12. The van der Waals surface area contributed by atoms with Gasteiger partial charge >= 0.3 is 6.03 Å². The van der Waals surface area contributed by atoms with Crippen LogP contribution in [0.4, 0.5) is 4.79 Å². The zero-order valence-electron chi connectivity index (χ0n) is 19.4. The Morgan fingerprint density at radius 2 is 1.39 bits per heavy atom. The van der Waals surface area contributed by atoms with E-state index in [-0.39, 0.29) is 18.0 Å². The van der Waals surface area contributed by atoms with Crippen LogP contribution in [0.2, 0.25) is 0 Å². The maximum atomic E-state index is 13.0. The number of rotatable bonds is 4. The van der Waals surface area contributed by atoms with Gasteiger partial charge in [0.05, 0.1) is 5.56 Å². The van der Waals surface area contributed by atoms with E-state index in [0.29, 0.717) is 25.2 Å². The monoisotopic (exact) mass is 428 g/mol. The first-order valence-electron chi connectivity index (χ1n) is 12.6. The molecule has 2 heterocycles. The molecular formula is C25H40N4O2. The Balaban J connectivity index is 1.28. The second kappa shape index (κ2) is 10.1. The molecule has 31 heavy (non-hydrogen) atoms. The van der Waals surface area contributed by atoms with Gasteiger partial charge in [0.15, 0.2) is 0 Å². The predicted molar refractivity (Wildman–Crippen MR) is 123 cm³/mol. The van der Waals surface area contributed by atoms with Gasteiger partial charge in [-0.05, 0) is 58.4 Å². The molecule has 0 atom stereocenters. The molecular weight excluding hydrogens is 388 g/mol. The smallest absolute Gasteiger partial charge is 0.317 e. The van der Waals surface area contributed by atoms with Crippen molar-refractivity contribution >= 4 is 11.9 Å². The van der Waals surface area contributed by atoms with E-state index >= 15 is 0 Å². The quantitative estimate of drug-likeness (QED) is 0.720. The number of aromatic nitrogens is 1. The highest BCUT2D eigenvalue weighted by Gasteiger charge is 2.28. The predicted octanol–water partition coefficient (Wildman–Crippen LogP) is 4.85. The Morgan fingerprint density at radius 1 is 0.806 bits per heavy atom. The fourth-order valence-corrected chi connectivity index (χ4v) is 5.91. The van der Waals surface area contributed by atoms with E-state index in [0.717, 1.165) is 36.9 Å². The van der Waals surface area contributed by atoms with Crippen molar-refractivity contribution in [2.75, 3.05) is 13.1 Å². The first-order valence-corrected chi connectivity index (χ1v) is 12.6. The molecule has 172 valence electrons. The SMILES string of the molecule is Cc1cc(C(=O)NC2CCN(C(=O)NC3CCCCC3)CC2)c(C)n1C1CCCCC1. The van der Waals surface area contributed by atoms with Crippen molar-refractivity contribution in [3.63, 3.8) is 0 Å². The fraction of sp³-hybridized carbons (Fsp3) is 0.760. The standard InChI is InChI=1S/C25H40N4O2/c1-18-17-23(19(2)29(18)22-11-7-4-8-12-22)24(30)26-21-13-15-28(16-14-21)25(31)27-20-9-5-3-6-10-20/h17,20-22H,3-16H2,1-2H3,(H,26,30)(H,27,31). The van der Waals surface area contributed by atoms with E-state index in [9.17, 15) is 9.59 Å². The van der Waals surface area contributed by atoms with Gasteiger partial charge in [0.1, 0.15) is 0 Å². The molecule has 0 spiro atoms. The van der Waals surface area contributed by atoms with Gasteiger partial charge in [0, 0.05) is 42.6 Å². The second-order valence-electron chi connectivity index (χ2n) is 9.97. The lowest BCUT2D eigenvalue weighted by atomic mass is 9.95. The summed E-state index contributed by atoms with van der Waals surface area (Å²) < 4.78 is 2.40. The maximum absolute atomic E-state index is 13.0. The van der Waals surface area contributed by atoms with Gasteiger partial charge < -0.3 is 20.1 Å². The third-order valence-electron chi connectivity index (χ3n) is 7.72. The van der Waals surface area contributed by atoms with E-state index in [4.69, 9.17) is 0 Å². The van der Waals surface area contributed by atoms with Crippen molar-refractivity contribution in [3.8, 4) is 0 Å². The fourth-order valence-electron chi connectivity index (χ4n) is 5.91. The van der Waals surface area contributed by atoms with Gasteiger partial charge in [-0.3, -0.25) is 4.79 Å². The van der Waals surface area contributed by atoms with E-state index < -0.39 is 0 Å². The first kappa shape index (κ1) is 22.2. The molecule has 0 unspecified atom stereocenters. The van der Waals surface area contributed by atoms with Crippen LogP contribution in [0.25, 0.3) is 0 Å². The number of nitrogens with zero attached hydrogens (tertiary/aromatic N) is 2. The number of hydrogen-bond acceptors (Lipinski definition) is 2. The third-order valence-corrected chi connectivity index (χ3v) is 7.72. The van der Waals surface area contributed by atoms with Crippen LogP contribution in [0.1, 0.15) is 105 Å². The van der Waals surface area contributed by atoms with Crippen LogP contribution in [-0.4, -0.2) is 46.6 Å². The number of carbonyl (C=O) groups is 2. The molecule has 2 N–H and O–H groups in total. The minimum absolute atomic E-state index is 0.0419. The van der Waals surface area contributed by atoms with E-state index in [1.54, 1.807) is 0 Å². The third kappa shape index (κ3) is 5.27. The molecule has 6 heteroatoms. The van der Waals surface area contributed by atoms with Gasteiger partial charge in [0.25, 0.3) is 5.91 Å². The molecule has 6 nitrogen and oxygen atoms in total. The molecule has 0 radical (unpaired) electrons. The summed E-state index contributed by atoms with van der Waals surface area (Å²) in [6.45, 7) is 5.64. The van der Waals surface area contributed by atoms with E-state index in [1.807, 2.05) is 4.90 Å². The summed E-state index contributed by atoms with van der Waals surface area (Å²) in [4.78, 5) is 27.5. The van der Waals surface area contributed by atoms with Crippen LogP contribution in [0.5, 0.6) is 0 Å². The van der Waals surface area contributed by atoms with Crippen LogP contribution in [0, 0.1) is 13.8 Å². The Morgan fingerprint density at radius 3 is 2.03 bits per heavy atom. The number of aryl methyl sites for hydroxylation is 1. The molecule has 1 aromatic heterocycles. The van der Waals surface area contributed by atoms with Gasteiger partial charge in [-0.2, -0.15) is 0 Å². The highest BCUT2D eigenvalue weighted by molar-refractivity contribution is 5.96. The zero-order chi connectivity index (χ0) is 21.8. The number of nitrogens with one attached hydrogen (secondary N) is 2. The maximum Gasteiger partial charge on any atom is 0.317 e. The summed E-state index contributed by atoms with van der Waals surface area (Å²) >= 11 is 0. The molecule has 1 aromatic rings. The van der Waals surface area contributed by atoms with Gasteiger partial charge in [0.2, 0.25) is 0 Å². The highest BCUT2D eigenvalue weighted by atomic mass is 16.2. The van der Waals surface area contributed by atoms with Crippen LogP contribution in [-0.2, 0) is 0 Å². The Bertz CT molecular complexity index is 767. The number of carbonyl (C=O) groups excluding carboxylic acids is 2. The van der Waals surface area contributed by atoms with Gasteiger partial charge in [-0.1, -0.05) is 38.5 Å². The molecule has 3 amide bonds. The van der Waals surface area contributed by atoms with E-state index in [2.05, 4.69) is 35.1 Å². The van der Waals surface area contributed by atoms with Crippen molar-refractivity contribution in [1.82, 2.24) is 20.1 Å². The number of piperidine rings is 1. The average Bonchev–Trinajstić information content (AvgIpc) is 3.09. The topological polar surface area (TPSA) is 66.4 Å². The summed E-state index contributed by atoms with van der Waals surface area (Å²) in [6.07, 6.45) is 14.0. The normalized spacial score (nSPS) is 21.8. The average molecular weight is 429 g/mol. The zero-order valence-corrected chi connectivity index (χ0v) is 19.4. The number of hydrogen-bond donors (Lipinski definition) is 2. The largest absolute Gasteiger partial charge is 0.349 e. The van der Waals surface area contributed by atoms with Crippen molar-refractivity contribution in [1.29, 1.82) is 0 Å². The van der Waals surface area contributed by atoms with Crippen molar-refractivity contribution in [2.24, 2.45) is 0 Å². The number of amides is 3. The van der Waals surface area contributed by atoms with Crippen LogP contribution in [0.3, 0.4) is 0 Å². The highest BCUT2D eigenvalue weighted by Crippen LogP contribution is 2.32. The van der Waals surface area contributed by atoms with Crippen LogP contribution >= 0.6 is 0 Å². The van der Waals surface area contributed by atoms with Crippen LogP contribution in [0.15, 0.2) is 6.07 Å². The molecule has 1 saturated heterocycles.